The molecular weight excluding hydrogens is 597 g/mol. The third kappa shape index (κ3) is 5.01. The van der Waals surface area contributed by atoms with Crippen LogP contribution in [0.5, 0.6) is 0 Å². The van der Waals surface area contributed by atoms with Crippen molar-refractivity contribution in [1.29, 1.82) is 0 Å². The molecule has 0 radical (unpaired) electrons. The van der Waals surface area contributed by atoms with E-state index < -0.39 is 0 Å². The molecule has 8 aromatic rings. The summed E-state index contributed by atoms with van der Waals surface area (Å²) in [5.41, 5.74) is 12.1. The van der Waals surface area contributed by atoms with Crippen molar-refractivity contribution in [1.82, 2.24) is 19.9 Å². The maximum atomic E-state index is 5.10. The van der Waals surface area contributed by atoms with Crippen LogP contribution in [0, 0.1) is 0 Å². The van der Waals surface area contributed by atoms with E-state index in [0.29, 0.717) is 17.5 Å². The zero-order chi connectivity index (χ0) is 33.0. The van der Waals surface area contributed by atoms with Crippen molar-refractivity contribution >= 4 is 10.8 Å². The second-order valence-electron chi connectivity index (χ2n) is 13.1. The molecule has 0 fully saturated rings. The topological polar surface area (TPSA) is 51.6 Å². The van der Waals surface area contributed by atoms with E-state index in [0.717, 1.165) is 33.5 Å². The first-order valence-corrected chi connectivity index (χ1v) is 16.6. The van der Waals surface area contributed by atoms with E-state index >= 15 is 0 Å². The van der Waals surface area contributed by atoms with Crippen LogP contribution in [0.3, 0.4) is 0 Å². The number of aromatic nitrogens is 4. The number of hydrogen-bond donors (Lipinski definition) is 0. The summed E-state index contributed by atoms with van der Waals surface area (Å²) in [4.78, 5) is 20.0. The molecule has 0 unspecified atom stereocenters. The van der Waals surface area contributed by atoms with Crippen LogP contribution in [0.15, 0.2) is 158 Å². The number of benzene rings is 6. The van der Waals surface area contributed by atoms with Gasteiger partial charge < -0.3 is 0 Å². The Morgan fingerprint density at radius 3 is 1.71 bits per heavy atom. The summed E-state index contributed by atoms with van der Waals surface area (Å²) in [7, 11) is 0. The van der Waals surface area contributed by atoms with Gasteiger partial charge in [-0.3, -0.25) is 4.98 Å². The number of pyridine rings is 1. The van der Waals surface area contributed by atoms with Crippen LogP contribution >= 0.6 is 0 Å². The van der Waals surface area contributed by atoms with Crippen molar-refractivity contribution in [2.45, 2.75) is 19.3 Å². The van der Waals surface area contributed by atoms with E-state index in [1.165, 1.54) is 38.6 Å². The van der Waals surface area contributed by atoms with Crippen molar-refractivity contribution in [3.63, 3.8) is 0 Å². The molecule has 4 nitrogen and oxygen atoms in total. The predicted molar refractivity (Wildman–Crippen MR) is 200 cm³/mol. The Balaban J connectivity index is 1.17. The lowest BCUT2D eigenvalue weighted by Gasteiger charge is -2.22. The highest BCUT2D eigenvalue weighted by Gasteiger charge is 2.36. The van der Waals surface area contributed by atoms with Crippen LogP contribution in [0.25, 0.3) is 78.4 Å². The maximum Gasteiger partial charge on any atom is 0.165 e. The summed E-state index contributed by atoms with van der Waals surface area (Å²) >= 11 is 0. The lowest BCUT2D eigenvalue weighted by atomic mass is 9.81. The third-order valence-corrected chi connectivity index (χ3v) is 9.80. The molecule has 0 amide bonds. The first-order valence-electron chi connectivity index (χ1n) is 16.6. The molecule has 49 heavy (non-hydrogen) atoms. The molecule has 2 heterocycles. The van der Waals surface area contributed by atoms with Crippen molar-refractivity contribution in [3.05, 3.63) is 169 Å². The summed E-state index contributed by atoms with van der Waals surface area (Å²) < 4.78 is 0. The SMILES string of the molecule is CC1(C)c2cc(-c3nc(-c4ccc(-c5ccccc5)cc4)nc(-c4ccc(-c5ccccc5)nc4)n3)ccc2-c2c1ccc1ccccc21. The van der Waals surface area contributed by atoms with Gasteiger partial charge in [0.05, 0.1) is 5.69 Å². The van der Waals surface area contributed by atoms with Crippen LogP contribution < -0.4 is 0 Å². The molecule has 1 aliphatic rings. The molecule has 0 saturated carbocycles. The summed E-state index contributed by atoms with van der Waals surface area (Å²) in [5, 5.41) is 2.54. The fourth-order valence-corrected chi connectivity index (χ4v) is 7.16. The van der Waals surface area contributed by atoms with Crippen LogP contribution in [0.4, 0.5) is 0 Å². The molecular formula is C45H32N4. The lowest BCUT2D eigenvalue weighted by molar-refractivity contribution is 0.661. The molecule has 6 aromatic carbocycles. The van der Waals surface area contributed by atoms with E-state index in [1.54, 1.807) is 0 Å². The normalized spacial score (nSPS) is 12.9. The number of rotatable bonds is 5. The highest BCUT2D eigenvalue weighted by Crippen LogP contribution is 2.52. The van der Waals surface area contributed by atoms with E-state index in [2.05, 4.69) is 129 Å². The first kappa shape index (κ1) is 28.9. The number of fused-ring (bicyclic) bond motifs is 5. The Morgan fingerprint density at radius 1 is 0.429 bits per heavy atom. The molecule has 0 bridgehead atoms. The first-order chi connectivity index (χ1) is 24.0. The Labute approximate surface area is 285 Å². The molecule has 0 aliphatic heterocycles. The lowest BCUT2D eigenvalue weighted by Crippen LogP contribution is -2.15. The Morgan fingerprint density at radius 2 is 1.00 bits per heavy atom. The Hall–Kier alpha value is -6.26. The van der Waals surface area contributed by atoms with Gasteiger partial charge in [-0.25, -0.2) is 15.0 Å². The van der Waals surface area contributed by atoms with Crippen LogP contribution in [0.1, 0.15) is 25.0 Å². The van der Waals surface area contributed by atoms with Crippen molar-refractivity contribution < 1.29 is 0 Å². The van der Waals surface area contributed by atoms with Gasteiger partial charge in [0.1, 0.15) is 0 Å². The van der Waals surface area contributed by atoms with Gasteiger partial charge in [-0.1, -0.05) is 147 Å². The second kappa shape index (κ2) is 11.5. The maximum absolute atomic E-state index is 5.10. The fourth-order valence-electron chi connectivity index (χ4n) is 7.16. The smallest absolute Gasteiger partial charge is 0.165 e. The van der Waals surface area contributed by atoms with Gasteiger partial charge in [0.15, 0.2) is 17.5 Å². The van der Waals surface area contributed by atoms with Crippen LogP contribution in [-0.4, -0.2) is 19.9 Å². The third-order valence-electron chi connectivity index (χ3n) is 9.80. The van der Waals surface area contributed by atoms with Gasteiger partial charge >= 0.3 is 0 Å². The molecule has 2 aromatic heterocycles. The van der Waals surface area contributed by atoms with Gasteiger partial charge in [0.25, 0.3) is 0 Å². The summed E-state index contributed by atoms with van der Waals surface area (Å²) in [6, 6.07) is 53.0. The van der Waals surface area contributed by atoms with Crippen molar-refractivity contribution in [2.75, 3.05) is 0 Å². The molecule has 0 spiro atoms. The minimum absolute atomic E-state index is 0.173. The van der Waals surface area contributed by atoms with Crippen molar-refractivity contribution in [2.24, 2.45) is 0 Å². The van der Waals surface area contributed by atoms with Gasteiger partial charge in [-0.15, -0.1) is 0 Å². The van der Waals surface area contributed by atoms with Gasteiger partial charge in [-0.2, -0.15) is 0 Å². The quantitative estimate of drug-likeness (QED) is 0.190. The summed E-state index contributed by atoms with van der Waals surface area (Å²) in [6.07, 6.45) is 1.86. The van der Waals surface area contributed by atoms with Crippen LogP contribution in [0.2, 0.25) is 0 Å². The average molecular weight is 629 g/mol. The molecule has 0 saturated heterocycles. The van der Waals surface area contributed by atoms with E-state index in [4.69, 9.17) is 19.9 Å². The average Bonchev–Trinajstić information content (AvgIpc) is 3.41. The molecule has 0 N–H and O–H groups in total. The zero-order valence-electron chi connectivity index (χ0n) is 27.3. The Kier molecular flexibility index (Phi) is 6.77. The van der Waals surface area contributed by atoms with E-state index in [9.17, 15) is 0 Å². The molecule has 1 aliphatic carbocycles. The fraction of sp³-hybridized carbons (Fsp3) is 0.0667. The summed E-state index contributed by atoms with van der Waals surface area (Å²) in [6.45, 7) is 4.63. The summed E-state index contributed by atoms with van der Waals surface area (Å²) in [5.74, 6) is 1.85. The minimum atomic E-state index is -0.173. The minimum Gasteiger partial charge on any atom is -0.255 e. The number of nitrogens with zero attached hydrogens (tertiary/aromatic N) is 4. The highest BCUT2D eigenvalue weighted by molar-refractivity contribution is 6.02. The zero-order valence-corrected chi connectivity index (χ0v) is 27.3. The van der Waals surface area contributed by atoms with E-state index in [1.807, 2.05) is 42.6 Å². The van der Waals surface area contributed by atoms with Crippen molar-refractivity contribution in [3.8, 4) is 67.7 Å². The standard InChI is InChI=1S/C45H32N4/c1-45(2)38-25-22-31-13-9-10-16-36(31)41(38)37-24-21-34(27-39(37)45)43-47-42(33-19-17-30(18-20-33)29-11-5-3-6-12-29)48-44(49-43)35-23-26-40(46-28-35)32-14-7-4-8-15-32/h3-28H,1-2H3. The second-order valence-corrected chi connectivity index (χ2v) is 13.1. The predicted octanol–water partition coefficient (Wildman–Crippen LogP) is 11.1. The monoisotopic (exact) mass is 628 g/mol. The van der Waals surface area contributed by atoms with Gasteiger partial charge in [-0.05, 0) is 62.4 Å². The van der Waals surface area contributed by atoms with E-state index in [-0.39, 0.29) is 5.41 Å². The highest BCUT2D eigenvalue weighted by atomic mass is 15.0. The Bertz CT molecular complexity index is 2380. The molecule has 9 rings (SSSR count). The largest absolute Gasteiger partial charge is 0.255 e. The van der Waals surface area contributed by atoms with Gasteiger partial charge in [0, 0.05) is 33.9 Å². The molecule has 0 atom stereocenters. The molecule has 4 heteroatoms. The van der Waals surface area contributed by atoms with Gasteiger partial charge in [0.2, 0.25) is 0 Å². The molecule has 232 valence electrons. The number of hydrogen-bond acceptors (Lipinski definition) is 4. The van der Waals surface area contributed by atoms with Crippen LogP contribution in [-0.2, 0) is 5.41 Å².